The molecule has 29 heavy (non-hydrogen) atoms. The number of nitrogens with zero attached hydrogens (tertiary/aromatic N) is 2. The van der Waals surface area contributed by atoms with Crippen LogP contribution >= 0.6 is 22.7 Å². The summed E-state index contributed by atoms with van der Waals surface area (Å²) in [5.74, 6) is -1.84. The Balaban J connectivity index is 1.93. The van der Waals surface area contributed by atoms with E-state index in [9.17, 15) is 19.8 Å². The van der Waals surface area contributed by atoms with Crippen molar-refractivity contribution in [1.82, 2.24) is 4.98 Å². The van der Waals surface area contributed by atoms with Gasteiger partial charge in [-0.3, -0.25) is 14.5 Å². The minimum absolute atomic E-state index is 0.00977. The lowest BCUT2D eigenvalue weighted by Gasteiger charge is -2.27. The van der Waals surface area contributed by atoms with Crippen molar-refractivity contribution in [1.29, 1.82) is 0 Å². The van der Waals surface area contributed by atoms with Crippen LogP contribution < -0.4 is 4.90 Å². The molecule has 148 valence electrons. The van der Waals surface area contributed by atoms with E-state index in [0.29, 0.717) is 10.6 Å². The summed E-state index contributed by atoms with van der Waals surface area (Å²) in [7, 11) is 0. The number of carbonyl (C=O) groups excluding carboxylic acids is 2. The summed E-state index contributed by atoms with van der Waals surface area (Å²) < 4.78 is 0. The van der Waals surface area contributed by atoms with E-state index in [0.717, 1.165) is 15.4 Å². The zero-order valence-electron chi connectivity index (χ0n) is 16.0. The molecule has 1 aliphatic rings. The molecule has 1 unspecified atom stereocenters. The molecule has 1 amide bonds. The number of thiazole rings is 1. The summed E-state index contributed by atoms with van der Waals surface area (Å²) in [5.41, 5.74) is 1.70. The van der Waals surface area contributed by atoms with Crippen LogP contribution in [0.25, 0.3) is 0 Å². The monoisotopic (exact) mass is 426 g/mol. The lowest BCUT2D eigenvalue weighted by molar-refractivity contribution is -0.117. The van der Waals surface area contributed by atoms with Gasteiger partial charge in [0, 0.05) is 4.88 Å². The number of aromatic nitrogens is 1. The highest BCUT2D eigenvalue weighted by Gasteiger charge is 2.47. The number of phenolic OH excluding ortho intramolecular Hbond substituents is 1. The Kier molecular flexibility index (Phi) is 4.76. The Morgan fingerprint density at radius 2 is 1.86 bits per heavy atom. The molecule has 1 atom stereocenters. The number of Topliss-reactive ketones (excluding diaryl/α,β-unsaturated/α-hetero) is 1. The summed E-state index contributed by atoms with van der Waals surface area (Å²) in [5, 5.41) is 23.7. The number of amides is 1. The third kappa shape index (κ3) is 3.04. The molecule has 2 N–H and O–H groups in total. The van der Waals surface area contributed by atoms with Gasteiger partial charge in [-0.25, -0.2) is 4.98 Å². The van der Waals surface area contributed by atoms with Crippen molar-refractivity contribution < 1.29 is 19.8 Å². The average molecular weight is 427 g/mol. The van der Waals surface area contributed by atoms with Gasteiger partial charge >= 0.3 is 0 Å². The Morgan fingerprint density at radius 3 is 2.45 bits per heavy atom. The number of aliphatic hydroxyl groups is 1. The van der Waals surface area contributed by atoms with E-state index < -0.39 is 23.5 Å². The third-order valence-corrected chi connectivity index (χ3v) is 7.00. The second kappa shape index (κ2) is 7.13. The van der Waals surface area contributed by atoms with E-state index in [4.69, 9.17) is 0 Å². The lowest BCUT2D eigenvalue weighted by atomic mass is 9.98. The van der Waals surface area contributed by atoms with Gasteiger partial charge in [0.1, 0.15) is 11.8 Å². The Hall–Kier alpha value is -2.97. The molecule has 0 fully saturated rings. The van der Waals surface area contributed by atoms with Crippen LogP contribution in [-0.2, 0) is 4.79 Å². The van der Waals surface area contributed by atoms with Crippen LogP contribution in [0.15, 0.2) is 47.0 Å². The highest BCUT2D eigenvalue weighted by atomic mass is 32.1. The maximum atomic E-state index is 13.4. The number of aromatic hydroxyl groups is 1. The molecule has 8 heteroatoms. The maximum Gasteiger partial charge on any atom is 0.294 e. The molecule has 3 aromatic rings. The van der Waals surface area contributed by atoms with E-state index in [1.165, 1.54) is 33.6 Å². The predicted octanol–water partition coefficient (Wildman–Crippen LogP) is 4.62. The molecule has 0 saturated carbocycles. The fraction of sp³-hybridized carbons (Fsp3) is 0.190. The highest BCUT2D eigenvalue weighted by molar-refractivity contribution is 7.14. The van der Waals surface area contributed by atoms with Crippen molar-refractivity contribution in [3.05, 3.63) is 73.1 Å². The van der Waals surface area contributed by atoms with Crippen LogP contribution in [0, 0.1) is 20.8 Å². The van der Waals surface area contributed by atoms with E-state index in [-0.39, 0.29) is 17.0 Å². The number of aliphatic hydroxyl groups excluding tert-OH is 1. The number of anilines is 1. The van der Waals surface area contributed by atoms with E-state index in [2.05, 4.69) is 4.98 Å². The summed E-state index contributed by atoms with van der Waals surface area (Å²) in [6.45, 7) is 5.42. The zero-order chi connectivity index (χ0) is 20.9. The van der Waals surface area contributed by atoms with E-state index in [1.54, 1.807) is 32.0 Å². The van der Waals surface area contributed by atoms with Crippen molar-refractivity contribution in [2.45, 2.75) is 26.8 Å². The van der Waals surface area contributed by atoms with Crippen LogP contribution in [-0.4, -0.2) is 26.9 Å². The maximum absolute atomic E-state index is 13.4. The Morgan fingerprint density at radius 1 is 1.14 bits per heavy atom. The molecule has 1 aliphatic heterocycles. The van der Waals surface area contributed by atoms with Crippen LogP contribution in [0.5, 0.6) is 5.75 Å². The molecule has 1 aromatic carbocycles. The van der Waals surface area contributed by atoms with Crippen molar-refractivity contribution in [3.8, 4) is 5.75 Å². The number of carbonyl (C=O) groups is 2. The minimum atomic E-state index is -0.829. The third-order valence-electron chi connectivity index (χ3n) is 4.85. The fourth-order valence-corrected chi connectivity index (χ4v) is 5.43. The van der Waals surface area contributed by atoms with Gasteiger partial charge in [-0.1, -0.05) is 12.1 Å². The molecule has 0 spiro atoms. The number of hydrogen-bond donors (Lipinski definition) is 2. The SMILES string of the molecule is Cc1nc(C)c(C(=O)C2=C(O)C(=O)N(c3ccccc3O)C2c2sccc2C)s1. The van der Waals surface area contributed by atoms with Crippen LogP contribution in [0.2, 0.25) is 0 Å². The largest absolute Gasteiger partial charge is 0.506 e. The van der Waals surface area contributed by atoms with Gasteiger partial charge in [-0.15, -0.1) is 22.7 Å². The number of para-hydroxylation sites is 2. The summed E-state index contributed by atoms with van der Waals surface area (Å²) in [4.78, 5) is 33.2. The first-order valence-electron chi connectivity index (χ1n) is 8.88. The van der Waals surface area contributed by atoms with Crippen molar-refractivity contribution >= 4 is 40.1 Å². The molecule has 0 radical (unpaired) electrons. The van der Waals surface area contributed by atoms with E-state index >= 15 is 0 Å². The first-order valence-corrected chi connectivity index (χ1v) is 10.6. The molecule has 2 aromatic heterocycles. The Bertz CT molecular complexity index is 1180. The van der Waals surface area contributed by atoms with Crippen molar-refractivity contribution in [2.24, 2.45) is 0 Å². The smallest absolute Gasteiger partial charge is 0.294 e. The first kappa shape index (κ1) is 19.4. The number of rotatable bonds is 4. The number of benzene rings is 1. The summed E-state index contributed by atoms with van der Waals surface area (Å²) in [6.07, 6.45) is 0. The van der Waals surface area contributed by atoms with Gasteiger partial charge < -0.3 is 10.2 Å². The van der Waals surface area contributed by atoms with Crippen molar-refractivity contribution in [3.63, 3.8) is 0 Å². The molecule has 0 aliphatic carbocycles. The normalized spacial score (nSPS) is 16.7. The first-order chi connectivity index (χ1) is 13.8. The van der Waals surface area contributed by atoms with Crippen LogP contribution in [0.3, 0.4) is 0 Å². The van der Waals surface area contributed by atoms with Gasteiger partial charge in [-0.2, -0.15) is 0 Å². The number of hydrogen-bond acceptors (Lipinski definition) is 7. The molecule has 0 saturated heterocycles. The molecule has 6 nitrogen and oxygen atoms in total. The second-order valence-corrected chi connectivity index (χ2v) is 8.92. The topological polar surface area (TPSA) is 90.7 Å². The quantitative estimate of drug-likeness (QED) is 0.594. The number of ketones is 1. The Labute approximate surface area is 175 Å². The van der Waals surface area contributed by atoms with E-state index in [1.807, 2.05) is 18.4 Å². The summed E-state index contributed by atoms with van der Waals surface area (Å²) >= 11 is 2.63. The van der Waals surface area contributed by atoms with Crippen LogP contribution in [0.4, 0.5) is 5.69 Å². The highest BCUT2D eigenvalue weighted by Crippen LogP contribution is 2.47. The fourth-order valence-electron chi connectivity index (χ4n) is 3.53. The molecular formula is C21H18N2O4S2. The number of thiophene rings is 1. The molecule has 4 rings (SSSR count). The number of phenols is 1. The zero-order valence-corrected chi connectivity index (χ0v) is 17.6. The molecular weight excluding hydrogens is 408 g/mol. The van der Waals surface area contributed by atoms with Gasteiger partial charge in [0.15, 0.2) is 5.76 Å². The van der Waals surface area contributed by atoms with Crippen LogP contribution in [0.1, 0.15) is 36.9 Å². The predicted molar refractivity (Wildman–Crippen MR) is 113 cm³/mol. The van der Waals surface area contributed by atoms with Gasteiger partial charge in [0.05, 0.1) is 26.8 Å². The number of aryl methyl sites for hydroxylation is 3. The second-order valence-electron chi connectivity index (χ2n) is 6.77. The lowest BCUT2D eigenvalue weighted by Crippen LogP contribution is -2.31. The standard InChI is InChI=1S/C21H18N2O4S2/c1-10-8-9-28-19(10)16-15(17(25)20-11(2)22-12(3)29-20)18(26)21(27)23(16)13-6-4-5-7-14(13)24/h4-9,16,24,26H,1-3H3. The molecule has 3 heterocycles. The molecule has 0 bridgehead atoms. The minimum Gasteiger partial charge on any atom is -0.506 e. The van der Waals surface area contributed by atoms with Gasteiger partial charge in [-0.05, 0) is 49.9 Å². The van der Waals surface area contributed by atoms with Gasteiger partial charge in [0.25, 0.3) is 5.91 Å². The average Bonchev–Trinajstić information content (AvgIpc) is 3.32. The summed E-state index contributed by atoms with van der Waals surface area (Å²) in [6, 6.07) is 7.46. The van der Waals surface area contributed by atoms with Crippen molar-refractivity contribution in [2.75, 3.05) is 4.90 Å². The van der Waals surface area contributed by atoms with Gasteiger partial charge in [0.2, 0.25) is 5.78 Å².